The molecule has 0 amide bonds. The molecule has 8 nitrogen and oxygen atoms in total. The molecule has 0 bridgehead atoms. The number of ether oxygens (including phenoxy) is 2. The summed E-state index contributed by atoms with van der Waals surface area (Å²) in [6, 6.07) is 3.32. The molecule has 0 aromatic carbocycles. The first-order chi connectivity index (χ1) is 14.2. The number of halogens is 1. The number of hydrogen-bond donors (Lipinski definition) is 2. The van der Waals surface area contributed by atoms with Crippen LogP contribution in [-0.4, -0.2) is 39.1 Å². The fourth-order valence-corrected chi connectivity index (χ4v) is 3.01. The molecular formula is C20H19FN6O2. The van der Waals surface area contributed by atoms with E-state index in [1.165, 1.54) is 13.2 Å². The van der Waals surface area contributed by atoms with Crippen molar-refractivity contribution in [3.8, 4) is 11.6 Å². The molecule has 0 aliphatic heterocycles. The highest BCUT2D eigenvalue weighted by atomic mass is 19.1. The van der Waals surface area contributed by atoms with Crippen LogP contribution in [-0.2, 0) is 13.0 Å². The van der Waals surface area contributed by atoms with Crippen molar-refractivity contribution < 1.29 is 13.9 Å². The standard InChI is InChI=1S/C20H19FN6O2/c1-28-16-5-17-13(8-22-18(17)23-11-16)3-12-6-25-20(26-7-12)27-9-14-4-15(21)10-24-19(14)29-2/h4-8,10-11H,3,9H2,1-2H3,(H,22,23)(H,25,26,27). The molecule has 0 saturated heterocycles. The zero-order valence-electron chi connectivity index (χ0n) is 15.9. The number of aromatic amines is 1. The summed E-state index contributed by atoms with van der Waals surface area (Å²) in [5, 5.41) is 4.05. The number of rotatable bonds is 7. The van der Waals surface area contributed by atoms with Crippen LogP contribution < -0.4 is 14.8 Å². The maximum absolute atomic E-state index is 13.4. The molecule has 0 saturated carbocycles. The van der Waals surface area contributed by atoms with Crippen molar-refractivity contribution >= 4 is 17.0 Å². The summed E-state index contributed by atoms with van der Waals surface area (Å²) in [6.07, 6.45) is 8.87. The number of nitrogens with one attached hydrogen (secondary N) is 2. The average Bonchev–Trinajstić information content (AvgIpc) is 3.15. The van der Waals surface area contributed by atoms with Crippen LogP contribution in [0.4, 0.5) is 10.3 Å². The minimum absolute atomic E-state index is 0.293. The molecule has 0 unspecified atom stereocenters. The van der Waals surface area contributed by atoms with Crippen LogP contribution in [0.5, 0.6) is 11.6 Å². The van der Waals surface area contributed by atoms with Gasteiger partial charge in [0.2, 0.25) is 11.8 Å². The molecule has 0 radical (unpaired) electrons. The second-order valence-electron chi connectivity index (χ2n) is 6.35. The number of methoxy groups -OCH3 is 2. The van der Waals surface area contributed by atoms with Crippen molar-refractivity contribution in [2.24, 2.45) is 0 Å². The molecular weight excluding hydrogens is 375 g/mol. The summed E-state index contributed by atoms with van der Waals surface area (Å²) in [5.74, 6) is 1.07. The summed E-state index contributed by atoms with van der Waals surface area (Å²) < 4.78 is 23.8. The quantitative estimate of drug-likeness (QED) is 0.497. The molecule has 0 fully saturated rings. The molecule has 4 heterocycles. The lowest BCUT2D eigenvalue weighted by Gasteiger charge is -2.09. The molecule has 0 aliphatic carbocycles. The zero-order valence-corrected chi connectivity index (χ0v) is 15.9. The number of fused-ring (bicyclic) bond motifs is 1. The van der Waals surface area contributed by atoms with Gasteiger partial charge in [-0.05, 0) is 23.3 Å². The van der Waals surface area contributed by atoms with Crippen LogP contribution in [0.1, 0.15) is 16.7 Å². The fraction of sp³-hybridized carbons (Fsp3) is 0.200. The summed E-state index contributed by atoms with van der Waals surface area (Å²) in [7, 11) is 3.11. The fourth-order valence-electron chi connectivity index (χ4n) is 3.01. The minimum Gasteiger partial charge on any atom is -0.495 e. The predicted molar refractivity (Wildman–Crippen MR) is 106 cm³/mol. The summed E-state index contributed by atoms with van der Waals surface area (Å²) in [4.78, 5) is 20.1. The highest BCUT2D eigenvalue weighted by Gasteiger charge is 2.09. The molecule has 0 aliphatic rings. The van der Waals surface area contributed by atoms with Crippen molar-refractivity contribution in [1.29, 1.82) is 0 Å². The molecule has 0 spiro atoms. The maximum atomic E-state index is 13.4. The largest absolute Gasteiger partial charge is 0.495 e. The Morgan fingerprint density at radius 1 is 0.966 bits per heavy atom. The summed E-state index contributed by atoms with van der Waals surface area (Å²) >= 11 is 0. The van der Waals surface area contributed by atoms with Crippen molar-refractivity contribution in [3.05, 3.63) is 65.6 Å². The number of aromatic nitrogens is 5. The Bertz CT molecular complexity index is 1130. The van der Waals surface area contributed by atoms with E-state index in [-0.39, 0.29) is 0 Å². The lowest BCUT2D eigenvalue weighted by atomic mass is 10.1. The Morgan fingerprint density at radius 2 is 1.79 bits per heavy atom. The average molecular weight is 394 g/mol. The normalized spacial score (nSPS) is 10.9. The first kappa shape index (κ1) is 18.6. The van der Waals surface area contributed by atoms with Crippen LogP contribution in [0.15, 0.2) is 43.1 Å². The highest BCUT2D eigenvalue weighted by molar-refractivity contribution is 5.81. The summed E-state index contributed by atoms with van der Waals surface area (Å²) in [5.41, 5.74) is 3.41. The van der Waals surface area contributed by atoms with Gasteiger partial charge in [-0.3, -0.25) is 0 Å². The second-order valence-corrected chi connectivity index (χ2v) is 6.35. The van der Waals surface area contributed by atoms with E-state index >= 15 is 0 Å². The van der Waals surface area contributed by atoms with Gasteiger partial charge >= 0.3 is 0 Å². The minimum atomic E-state index is -0.427. The number of pyridine rings is 2. The summed E-state index contributed by atoms with van der Waals surface area (Å²) in [6.45, 7) is 0.293. The van der Waals surface area contributed by atoms with Gasteiger partial charge in [0.25, 0.3) is 0 Å². The van der Waals surface area contributed by atoms with Gasteiger partial charge in [0.1, 0.15) is 17.2 Å². The molecule has 4 aromatic heterocycles. The van der Waals surface area contributed by atoms with Crippen LogP contribution in [0.2, 0.25) is 0 Å². The Kier molecular flexibility index (Phi) is 5.19. The lowest BCUT2D eigenvalue weighted by molar-refractivity contribution is 0.391. The van der Waals surface area contributed by atoms with Crippen molar-refractivity contribution in [3.63, 3.8) is 0 Å². The van der Waals surface area contributed by atoms with Gasteiger partial charge in [0, 0.05) is 42.5 Å². The Hall–Kier alpha value is -3.75. The van der Waals surface area contributed by atoms with E-state index in [4.69, 9.17) is 9.47 Å². The van der Waals surface area contributed by atoms with Crippen LogP contribution in [0.25, 0.3) is 11.0 Å². The van der Waals surface area contributed by atoms with E-state index in [2.05, 4.69) is 30.2 Å². The lowest BCUT2D eigenvalue weighted by Crippen LogP contribution is -2.06. The first-order valence-electron chi connectivity index (χ1n) is 8.89. The van der Waals surface area contributed by atoms with Crippen LogP contribution in [0.3, 0.4) is 0 Å². The topological polar surface area (TPSA) is 97.8 Å². The Morgan fingerprint density at radius 3 is 2.55 bits per heavy atom. The van der Waals surface area contributed by atoms with Crippen molar-refractivity contribution in [2.75, 3.05) is 19.5 Å². The van der Waals surface area contributed by atoms with E-state index in [9.17, 15) is 4.39 Å². The molecule has 2 N–H and O–H groups in total. The predicted octanol–water partition coefficient (Wildman–Crippen LogP) is 3.11. The zero-order chi connectivity index (χ0) is 20.2. The van der Waals surface area contributed by atoms with E-state index in [1.54, 1.807) is 25.7 Å². The van der Waals surface area contributed by atoms with Crippen molar-refractivity contribution in [2.45, 2.75) is 13.0 Å². The third-order valence-corrected chi connectivity index (χ3v) is 4.45. The second kappa shape index (κ2) is 8.09. The monoisotopic (exact) mass is 394 g/mol. The maximum Gasteiger partial charge on any atom is 0.222 e. The Labute approximate surface area is 166 Å². The SMILES string of the molecule is COc1cnc2[nH]cc(Cc3cnc(NCc4cc(F)cnc4OC)nc3)c2c1. The molecule has 4 rings (SSSR count). The van der Waals surface area contributed by atoms with Gasteiger partial charge in [0.15, 0.2) is 0 Å². The van der Waals surface area contributed by atoms with Gasteiger partial charge in [-0.2, -0.15) is 0 Å². The van der Waals surface area contributed by atoms with Gasteiger partial charge in [-0.1, -0.05) is 0 Å². The third kappa shape index (κ3) is 4.08. The van der Waals surface area contributed by atoms with Crippen LogP contribution >= 0.6 is 0 Å². The highest BCUT2D eigenvalue weighted by Crippen LogP contribution is 2.23. The van der Waals surface area contributed by atoms with Gasteiger partial charge in [0.05, 0.1) is 26.6 Å². The van der Waals surface area contributed by atoms with Gasteiger partial charge < -0.3 is 19.8 Å². The van der Waals surface area contributed by atoms with E-state index in [1.807, 2.05) is 12.3 Å². The number of hydrogen-bond acceptors (Lipinski definition) is 7. The molecule has 148 valence electrons. The first-order valence-corrected chi connectivity index (χ1v) is 8.89. The van der Waals surface area contributed by atoms with E-state index < -0.39 is 5.82 Å². The third-order valence-electron chi connectivity index (χ3n) is 4.45. The molecule has 4 aromatic rings. The van der Waals surface area contributed by atoms with Crippen molar-refractivity contribution in [1.82, 2.24) is 24.9 Å². The number of nitrogens with zero attached hydrogens (tertiary/aromatic N) is 4. The number of H-pyrrole nitrogens is 1. The number of anilines is 1. The molecule has 29 heavy (non-hydrogen) atoms. The molecule has 0 atom stereocenters. The van der Waals surface area contributed by atoms with Gasteiger partial charge in [-0.15, -0.1) is 0 Å². The van der Waals surface area contributed by atoms with Gasteiger partial charge in [-0.25, -0.2) is 24.3 Å². The van der Waals surface area contributed by atoms with E-state index in [0.29, 0.717) is 36.1 Å². The smallest absolute Gasteiger partial charge is 0.222 e. The molecule has 9 heteroatoms. The van der Waals surface area contributed by atoms with E-state index in [0.717, 1.165) is 28.4 Å². The Balaban J connectivity index is 1.45. The van der Waals surface area contributed by atoms with Crippen LogP contribution in [0, 0.1) is 5.82 Å².